The molecule has 0 radical (unpaired) electrons. The third-order valence-corrected chi connectivity index (χ3v) is 1.58. The van der Waals surface area contributed by atoms with Crippen LogP contribution in [0.5, 0.6) is 0 Å². The number of amides is 1. The lowest BCUT2D eigenvalue weighted by atomic mass is 10.1. The van der Waals surface area contributed by atoms with Gasteiger partial charge in [0.25, 0.3) is 0 Å². The van der Waals surface area contributed by atoms with E-state index in [4.69, 9.17) is 5.11 Å². The highest BCUT2D eigenvalue weighted by atomic mass is 16.5. The third kappa shape index (κ3) is 4.61. The molecule has 0 aromatic heterocycles. The van der Waals surface area contributed by atoms with Crippen LogP contribution in [-0.2, 0) is 9.53 Å². The van der Waals surface area contributed by atoms with Crippen molar-refractivity contribution in [2.45, 2.75) is 19.4 Å². The molecule has 5 nitrogen and oxygen atoms in total. The normalized spacial score (nSPS) is 11.6. The van der Waals surface area contributed by atoms with Gasteiger partial charge in [0.15, 0.2) is 5.78 Å². The van der Waals surface area contributed by atoms with Gasteiger partial charge in [-0.25, -0.2) is 4.79 Å². The van der Waals surface area contributed by atoms with E-state index in [1.807, 2.05) is 0 Å². The van der Waals surface area contributed by atoms with E-state index in [0.29, 0.717) is 6.42 Å². The molecule has 2 N–H and O–H groups in total. The summed E-state index contributed by atoms with van der Waals surface area (Å²) in [4.78, 5) is 22.0. The van der Waals surface area contributed by atoms with Gasteiger partial charge in [-0.2, -0.15) is 0 Å². The summed E-state index contributed by atoms with van der Waals surface area (Å²) in [7, 11) is 0. The monoisotopic (exact) mass is 201 g/mol. The Kier molecular flexibility index (Phi) is 6.39. The Labute approximate surface area is 82.7 Å². The second-order valence-electron chi connectivity index (χ2n) is 2.62. The fraction of sp³-hybridized carbons (Fsp3) is 0.556. The minimum absolute atomic E-state index is 0.0928. The number of Topliss-reactive ketones (excluding diaryl/α,β-unsaturated/α-hetero) is 1. The molecule has 0 saturated heterocycles. The SMILES string of the molecule is C=CCOC(=O)N[C@@H](CC)C(=O)CO. The summed E-state index contributed by atoms with van der Waals surface area (Å²) < 4.78 is 4.62. The van der Waals surface area contributed by atoms with E-state index < -0.39 is 24.5 Å². The van der Waals surface area contributed by atoms with Crippen molar-refractivity contribution in [2.75, 3.05) is 13.2 Å². The molecule has 1 amide bonds. The molecule has 0 aliphatic heterocycles. The van der Waals surface area contributed by atoms with E-state index in [1.54, 1.807) is 6.92 Å². The summed E-state index contributed by atoms with van der Waals surface area (Å²) in [6.07, 6.45) is 1.16. The molecule has 1 atom stereocenters. The molecule has 0 aliphatic rings. The zero-order valence-corrected chi connectivity index (χ0v) is 8.16. The van der Waals surface area contributed by atoms with Gasteiger partial charge in [0, 0.05) is 0 Å². The lowest BCUT2D eigenvalue weighted by Crippen LogP contribution is -2.41. The van der Waals surface area contributed by atoms with Gasteiger partial charge in [0.05, 0.1) is 6.04 Å². The van der Waals surface area contributed by atoms with Crippen molar-refractivity contribution >= 4 is 11.9 Å². The van der Waals surface area contributed by atoms with E-state index in [9.17, 15) is 9.59 Å². The molecule has 0 rings (SSSR count). The predicted octanol–water partition coefficient (Wildman–Crippen LogP) is 0.239. The van der Waals surface area contributed by atoms with Gasteiger partial charge in [-0.15, -0.1) is 0 Å². The van der Waals surface area contributed by atoms with Gasteiger partial charge < -0.3 is 15.2 Å². The molecule has 14 heavy (non-hydrogen) atoms. The number of hydrogen-bond acceptors (Lipinski definition) is 4. The molecule has 5 heteroatoms. The summed E-state index contributed by atoms with van der Waals surface area (Å²) in [6, 6.07) is -0.683. The maximum absolute atomic E-state index is 11.0. The fourth-order valence-electron chi connectivity index (χ4n) is 0.839. The Morgan fingerprint density at radius 3 is 2.71 bits per heavy atom. The first kappa shape index (κ1) is 12.6. The highest BCUT2D eigenvalue weighted by molar-refractivity contribution is 5.88. The summed E-state index contributed by atoms with van der Waals surface area (Å²) in [5.41, 5.74) is 0. The second-order valence-corrected chi connectivity index (χ2v) is 2.62. The maximum atomic E-state index is 11.0. The number of rotatable bonds is 6. The summed E-state index contributed by atoms with van der Waals surface area (Å²) in [5, 5.41) is 10.9. The van der Waals surface area contributed by atoms with E-state index in [-0.39, 0.29) is 6.61 Å². The third-order valence-electron chi connectivity index (χ3n) is 1.58. The van der Waals surface area contributed by atoms with Crippen LogP contribution in [0.3, 0.4) is 0 Å². The quantitative estimate of drug-likeness (QED) is 0.603. The van der Waals surface area contributed by atoms with Crippen LogP contribution in [-0.4, -0.2) is 36.2 Å². The van der Waals surface area contributed by atoms with E-state index >= 15 is 0 Å². The van der Waals surface area contributed by atoms with Gasteiger partial charge in [-0.1, -0.05) is 19.6 Å². The number of aliphatic hydroxyl groups is 1. The molecular weight excluding hydrogens is 186 g/mol. The number of alkyl carbamates (subject to hydrolysis) is 1. The topological polar surface area (TPSA) is 75.6 Å². The van der Waals surface area contributed by atoms with Crippen LogP contribution in [0.15, 0.2) is 12.7 Å². The number of carbonyl (C=O) groups is 2. The number of carbonyl (C=O) groups excluding carboxylic acids is 2. The Bertz CT molecular complexity index is 215. The van der Waals surface area contributed by atoms with Crippen molar-refractivity contribution < 1.29 is 19.4 Å². The average molecular weight is 201 g/mol. The zero-order valence-electron chi connectivity index (χ0n) is 8.16. The molecular formula is C9H15NO4. The lowest BCUT2D eigenvalue weighted by molar-refractivity contribution is -0.123. The number of nitrogens with one attached hydrogen (secondary N) is 1. The van der Waals surface area contributed by atoms with Crippen molar-refractivity contribution in [3.05, 3.63) is 12.7 Å². The summed E-state index contributed by atoms with van der Waals surface area (Å²) in [6.45, 7) is 4.61. The lowest BCUT2D eigenvalue weighted by Gasteiger charge is -2.13. The minimum atomic E-state index is -0.683. The van der Waals surface area contributed by atoms with Gasteiger partial charge in [0.2, 0.25) is 0 Å². The largest absolute Gasteiger partial charge is 0.445 e. The minimum Gasteiger partial charge on any atom is -0.445 e. The second kappa shape index (κ2) is 7.08. The van der Waals surface area contributed by atoms with Crippen molar-refractivity contribution in [1.82, 2.24) is 5.32 Å². The molecule has 0 bridgehead atoms. The predicted molar refractivity (Wildman–Crippen MR) is 50.9 cm³/mol. The highest BCUT2D eigenvalue weighted by Gasteiger charge is 2.17. The number of ether oxygens (including phenoxy) is 1. The molecule has 0 heterocycles. The first-order valence-electron chi connectivity index (χ1n) is 4.33. The van der Waals surface area contributed by atoms with Crippen molar-refractivity contribution in [3.63, 3.8) is 0 Å². The fourth-order valence-corrected chi connectivity index (χ4v) is 0.839. The van der Waals surface area contributed by atoms with E-state index in [1.165, 1.54) is 6.08 Å². The Morgan fingerprint density at radius 1 is 1.64 bits per heavy atom. The van der Waals surface area contributed by atoms with Crippen molar-refractivity contribution in [1.29, 1.82) is 0 Å². The zero-order chi connectivity index (χ0) is 11.0. The molecule has 0 spiro atoms. The average Bonchev–Trinajstić information content (AvgIpc) is 2.21. The summed E-state index contributed by atoms with van der Waals surface area (Å²) in [5.74, 6) is -0.428. The molecule has 0 unspecified atom stereocenters. The van der Waals surface area contributed by atoms with E-state index in [2.05, 4.69) is 16.6 Å². The van der Waals surface area contributed by atoms with Gasteiger partial charge in [0.1, 0.15) is 13.2 Å². The van der Waals surface area contributed by atoms with Gasteiger partial charge in [-0.05, 0) is 6.42 Å². The van der Waals surface area contributed by atoms with Crippen LogP contribution in [0.1, 0.15) is 13.3 Å². The van der Waals surface area contributed by atoms with Crippen LogP contribution < -0.4 is 5.32 Å². The Hall–Kier alpha value is -1.36. The van der Waals surface area contributed by atoms with Crippen LogP contribution in [0, 0.1) is 0 Å². The molecule has 0 aliphatic carbocycles. The van der Waals surface area contributed by atoms with Crippen LogP contribution in [0.4, 0.5) is 4.79 Å². The number of hydrogen-bond donors (Lipinski definition) is 2. The van der Waals surface area contributed by atoms with Crippen molar-refractivity contribution in [2.24, 2.45) is 0 Å². The smallest absolute Gasteiger partial charge is 0.408 e. The molecule has 0 saturated carbocycles. The van der Waals surface area contributed by atoms with Crippen LogP contribution in [0.2, 0.25) is 0 Å². The number of aliphatic hydroxyl groups excluding tert-OH is 1. The molecule has 0 aromatic rings. The first-order chi connectivity index (χ1) is 6.65. The highest BCUT2D eigenvalue weighted by Crippen LogP contribution is 1.93. The number of ketones is 1. The standard InChI is InChI=1S/C9H15NO4/c1-3-5-14-9(13)10-7(4-2)8(12)6-11/h3,7,11H,1,4-6H2,2H3,(H,10,13)/t7-/m0/s1. The Morgan fingerprint density at radius 2 is 2.29 bits per heavy atom. The first-order valence-corrected chi connectivity index (χ1v) is 4.33. The van der Waals surface area contributed by atoms with Gasteiger partial charge in [-0.3, -0.25) is 4.79 Å². The Balaban J connectivity index is 3.98. The van der Waals surface area contributed by atoms with Crippen LogP contribution in [0.25, 0.3) is 0 Å². The molecule has 0 fully saturated rings. The summed E-state index contributed by atoms with van der Waals surface area (Å²) >= 11 is 0. The maximum Gasteiger partial charge on any atom is 0.408 e. The van der Waals surface area contributed by atoms with Gasteiger partial charge >= 0.3 is 6.09 Å². The van der Waals surface area contributed by atoms with Crippen molar-refractivity contribution in [3.8, 4) is 0 Å². The van der Waals surface area contributed by atoms with E-state index in [0.717, 1.165) is 0 Å². The molecule has 80 valence electrons. The van der Waals surface area contributed by atoms with Crippen LogP contribution >= 0.6 is 0 Å². The molecule has 0 aromatic carbocycles.